The molecule has 6 heteroatoms. The minimum atomic E-state index is -0.604. The van der Waals surface area contributed by atoms with Crippen LogP contribution in [-0.2, 0) is 4.79 Å². The number of benzene rings is 1. The Morgan fingerprint density at radius 1 is 1.25 bits per heavy atom. The highest BCUT2D eigenvalue weighted by Crippen LogP contribution is 2.33. The Bertz CT molecular complexity index is 442. The highest BCUT2D eigenvalue weighted by atomic mass is 35.5. The maximum absolute atomic E-state index is 12.0. The number of halogens is 1. The van der Waals surface area contributed by atoms with E-state index in [2.05, 4.69) is 5.32 Å². The summed E-state index contributed by atoms with van der Waals surface area (Å²) in [6, 6.07) is 7.37. The normalized spacial score (nSPS) is 19.9. The molecule has 1 aliphatic rings. The molecule has 0 spiro atoms. The molecule has 3 N–H and O–H groups in total. The zero-order valence-electron chi connectivity index (χ0n) is 11.5. The van der Waals surface area contributed by atoms with Crippen molar-refractivity contribution in [3.05, 3.63) is 24.3 Å². The molecule has 0 bridgehead atoms. The average molecular weight is 301 g/mol. The van der Waals surface area contributed by atoms with Crippen LogP contribution < -0.4 is 20.5 Å². The number of amides is 1. The number of carbonyl (C=O) groups is 1. The second kappa shape index (κ2) is 7.97. The summed E-state index contributed by atoms with van der Waals surface area (Å²) < 4.78 is 11.4. The molecule has 20 heavy (non-hydrogen) atoms. The van der Waals surface area contributed by atoms with Crippen LogP contribution in [0, 0.1) is 0 Å². The Morgan fingerprint density at radius 2 is 1.90 bits per heavy atom. The van der Waals surface area contributed by atoms with Crippen LogP contribution in [0.15, 0.2) is 24.3 Å². The van der Waals surface area contributed by atoms with Crippen molar-refractivity contribution in [3.8, 4) is 11.5 Å². The highest BCUT2D eigenvalue weighted by molar-refractivity contribution is 5.85. The van der Waals surface area contributed by atoms with Crippen molar-refractivity contribution >= 4 is 18.3 Å². The molecule has 2 unspecified atom stereocenters. The lowest BCUT2D eigenvalue weighted by atomic mass is 10.1. The van der Waals surface area contributed by atoms with E-state index in [1.165, 1.54) is 0 Å². The Kier molecular flexibility index (Phi) is 6.61. The fourth-order valence-corrected chi connectivity index (χ4v) is 1.99. The van der Waals surface area contributed by atoms with E-state index in [1.54, 1.807) is 6.07 Å². The Balaban J connectivity index is 0.00000200. The van der Waals surface area contributed by atoms with E-state index in [0.29, 0.717) is 24.6 Å². The van der Waals surface area contributed by atoms with E-state index in [1.807, 2.05) is 25.1 Å². The summed E-state index contributed by atoms with van der Waals surface area (Å²) in [6.45, 7) is 3.09. The first-order valence-corrected chi connectivity index (χ1v) is 6.62. The van der Waals surface area contributed by atoms with Gasteiger partial charge in [-0.25, -0.2) is 0 Å². The molecule has 0 radical (unpaired) electrons. The lowest BCUT2D eigenvalue weighted by Crippen LogP contribution is -2.49. The molecule has 1 heterocycles. The fourth-order valence-electron chi connectivity index (χ4n) is 1.99. The number of hydrogen-bond acceptors (Lipinski definition) is 4. The minimum Gasteiger partial charge on any atom is -0.482 e. The van der Waals surface area contributed by atoms with Crippen molar-refractivity contribution < 1.29 is 14.3 Å². The molecule has 0 saturated heterocycles. The first-order valence-electron chi connectivity index (χ1n) is 6.62. The third-order valence-corrected chi connectivity index (χ3v) is 3.03. The number of ether oxygens (including phenoxy) is 2. The number of rotatable bonds is 5. The third kappa shape index (κ3) is 4.02. The van der Waals surface area contributed by atoms with E-state index in [4.69, 9.17) is 15.2 Å². The molecule has 1 aromatic carbocycles. The van der Waals surface area contributed by atoms with Gasteiger partial charge in [0.05, 0.1) is 0 Å². The topological polar surface area (TPSA) is 73.6 Å². The summed E-state index contributed by atoms with van der Waals surface area (Å²) in [5.74, 6) is 1.16. The first-order chi connectivity index (χ1) is 9.22. The van der Waals surface area contributed by atoms with E-state index < -0.39 is 6.10 Å². The van der Waals surface area contributed by atoms with E-state index in [9.17, 15) is 4.79 Å². The quantitative estimate of drug-likeness (QED) is 0.808. The standard InChI is InChI=1S/C14H20N2O3.ClH/c1-10-13(14(17)16-9-5-4-8-15)19-12-7-3-2-6-11(12)18-10;/h2-3,6-7,10,13H,4-5,8-9,15H2,1H3,(H,16,17);1H. The van der Waals surface area contributed by atoms with Gasteiger partial charge in [0.2, 0.25) is 6.10 Å². The van der Waals surface area contributed by atoms with Gasteiger partial charge in [0.25, 0.3) is 5.91 Å². The molecule has 1 aromatic rings. The summed E-state index contributed by atoms with van der Waals surface area (Å²) in [7, 11) is 0. The van der Waals surface area contributed by atoms with Crippen LogP contribution in [0.2, 0.25) is 0 Å². The molecule has 0 saturated carbocycles. The lowest BCUT2D eigenvalue weighted by Gasteiger charge is -2.31. The fraction of sp³-hybridized carbons (Fsp3) is 0.500. The monoisotopic (exact) mass is 300 g/mol. The number of nitrogens with one attached hydrogen (secondary N) is 1. The maximum atomic E-state index is 12.0. The molecule has 1 amide bonds. The lowest BCUT2D eigenvalue weighted by molar-refractivity contribution is -0.133. The molecule has 2 atom stereocenters. The zero-order chi connectivity index (χ0) is 13.7. The third-order valence-electron chi connectivity index (χ3n) is 3.03. The van der Waals surface area contributed by atoms with Crippen molar-refractivity contribution in [2.75, 3.05) is 13.1 Å². The van der Waals surface area contributed by atoms with Crippen LogP contribution in [0.1, 0.15) is 19.8 Å². The van der Waals surface area contributed by atoms with Crippen molar-refractivity contribution in [1.29, 1.82) is 0 Å². The van der Waals surface area contributed by atoms with Gasteiger partial charge in [-0.1, -0.05) is 12.1 Å². The number of fused-ring (bicyclic) bond motifs is 1. The molecular formula is C14H21ClN2O3. The van der Waals surface area contributed by atoms with Gasteiger partial charge in [0.15, 0.2) is 11.5 Å². The zero-order valence-corrected chi connectivity index (χ0v) is 12.3. The molecule has 0 aliphatic carbocycles. The highest BCUT2D eigenvalue weighted by Gasteiger charge is 2.33. The van der Waals surface area contributed by atoms with Gasteiger partial charge in [-0.3, -0.25) is 4.79 Å². The van der Waals surface area contributed by atoms with E-state index in [-0.39, 0.29) is 24.4 Å². The molecule has 112 valence electrons. The Hall–Kier alpha value is -1.46. The van der Waals surface area contributed by atoms with Gasteiger partial charge in [-0.05, 0) is 38.4 Å². The molecule has 2 rings (SSSR count). The average Bonchev–Trinajstić information content (AvgIpc) is 2.42. The summed E-state index contributed by atoms with van der Waals surface area (Å²) in [5.41, 5.74) is 5.41. The van der Waals surface area contributed by atoms with Crippen LogP contribution in [0.25, 0.3) is 0 Å². The second-order valence-corrected chi connectivity index (χ2v) is 4.59. The number of nitrogens with two attached hydrogens (primary N) is 1. The Labute approximate surface area is 125 Å². The molecule has 0 aromatic heterocycles. The van der Waals surface area contributed by atoms with E-state index >= 15 is 0 Å². The second-order valence-electron chi connectivity index (χ2n) is 4.59. The van der Waals surface area contributed by atoms with Crippen molar-refractivity contribution in [3.63, 3.8) is 0 Å². The largest absolute Gasteiger partial charge is 0.482 e. The van der Waals surface area contributed by atoms with Gasteiger partial charge >= 0.3 is 0 Å². The summed E-state index contributed by atoms with van der Waals surface area (Å²) in [5, 5.41) is 2.85. The van der Waals surface area contributed by atoms with Gasteiger partial charge in [0, 0.05) is 6.54 Å². The number of unbranched alkanes of at least 4 members (excludes halogenated alkanes) is 1. The van der Waals surface area contributed by atoms with Crippen molar-refractivity contribution in [1.82, 2.24) is 5.32 Å². The molecule has 0 fully saturated rings. The smallest absolute Gasteiger partial charge is 0.265 e. The van der Waals surface area contributed by atoms with Crippen LogP contribution >= 0.6 is 12.4 Å². The minimum absolute atomic E-state index is 0. The van der Waals surface area contributed by atoms with Crippen LogP contribution in [0.4, 0.5) is 0 Å². The first kappa shape index (κ1) is 16.6. The van der Waals surface area contributed by atoms with Crippen molar-refractivity contribution in [2.45, 2.75) is 32.0 Å². The van der Waals surface area contributed by atoms with Crippen molar-refractivity contribution in [2.24, 2.45) is 5.73 Å². The summed E-state index contributed by atoms with van der Waals surface area (Å²) in [6.07, 6.45) is 0.874. The van der Waals surface area contributed by atoms with Crippen LogP contribution in [-0.4, -0.2) is 31.2 Å². The summed E-state index contributed by atoms with van der Waals surface area (Å²) >= 11 is 0. The predicted octanol–water partition coefficient (Wildman–Crippen LogP) is 1.49. The van der Waals surface area contributed by atoms with Gasteiger partial charge < -0.3 is 20.5 Å². The molecule has 5 nitrogen and oxygen atoms in total. The maximum Gasteiger partial charge on any atom is 0.265 e. The summed E-state index contributed by atoms with van der Waals surface area (Å²) in [4.78, 5) is 12.0. The number of hydrogen-bond donors (Lipinski definition) is 2. The SMILES string of the molecule is CC1Oc2ccccc2OC1C(=O)NCCCCN.Cl. The van der Waals surface area contributed by atoms with Crippen LogP contribution in [0.3, 0.4) is 0 Å². The van der Waals surface area contributed by atoms with Gasteiger partial charge in [0.1, 0.15) is 6.10 Å². The van der Waals surface area contributed by atoms with Crippen LogP contribution in [0.5, 0.6) is 11.5 Å². The molecule has 1 aliphatic heterocycles. The number of para-hydroxylation sites is 2. The molecular weight excluding hydrogens is 280 g/mol. The Morgan fingerprint density at radius 3 is 2.55 bits per heavy atom. The van der Waals surface area contributed by atoms with Gasteiger partial charge in [-0.15, -0.1) is 12.4 Å². The van der Waals surface area contributed by atoms with E-state index in [0.717, 1.165) is 12.8 Å². The van der Waals surface area contributed by atoms with Gasteiger partial charge in [-0.2, -0.15) is 0 Å². The predicted molar refractivity (Wildman–Crippen MR) is 79.5 cm³/mol. The number of carbonyl (C=O) groups excluding carboxylic acids is 1.